The van der Waals surface area contributed by atoms with E-state index in [4.69, 9.17) is 10.8 Å². The first-order valence-electron chi connectivity index (χ1n) is 3.72. The molecule has 0 radical (unpaired) electrons. The average Bonchev–Trinajstić information content (AvgIpc) is 1.86. The third-order valence-electron chi connectivity index (χ3n) is 1.51. The Balaban J connectivity index is 3.92. The molecule has 0 bridgehead atoms. The second-order valence-corrected chi connectivity index (χ2v) is 2.56. The number of rotatable bonds is 4. The van der Waals surface area contributed by atoms with Crippen molar-refractivity contribution in [3.8, 4) is 0 Å². The van der Waals surface area contributed by atoms with Gasteiger partial charge in [-0.3, -0.25) is 4.79 Å². The van der Waals surface area contributed by atoms with Gasteiger partial charge in [0.05, 0.1) is 6.42 Å². The molecule has 0 aromatic heterocycles. The van der Waals surface area contributed by atoms with Gasteiger partial charge in [0.1, 0.15) is 0 Å². The minimum atomic E-state index is -0.846. The molecule has 0 heterocycles. The van der Waals surface area contributed by atoms with Crippen molar-refractivity contribution in [3.05, 3.63) is 11.6 Å². The van der Waals surface area contributed by atoms with Gasteiger partial charge in [-0.1, -0.05) is 18.6 Å². The molecule has 0 rings (SSSR count). The molecule has 0 aliphatic heterocycles. The molecule has 3 nitrogen and oxygen atoms in total. The predicted molar refractivity (Wildman–Crippen MR) is 44.3 cm³/mol. The lowest BCUT2D eigenvalue weighted by Gasteiger charge is -2.08. The molecule has 0 saturated heterocycles. The average molecular weight is 157 g/mol. The lowest BCUT2D eigenvalue weighted by atomic mass is 10.1. The number of aliphatic carboxylic acids is 1. The maximum absolute atomic E-state index is 10.2. The zero-order valence-corrected chi connectivity index (χ0v) is 7.00. The number of nitrogens with two attached hydrogens (primary N) is 1. The van der Waals surface area contributed by atoms with E-state index in [-0.39, 0.29) is 12.5 Å². The van der Waals surface area contributed by atoms with Crippen LogP contribution in [0.5, 0.6) is 0 Å². The third-order valence-corrected chi connectivity index (χ3v) is 1.51. The summed E-state index contributed by atoms with van der Waals surface area (Å²) in [4.78, 5) is 10.2. The Morgan fingerprint density at radius 1 is 1.73 bits per heavy atom. The van der Waals surface area contributed by atoms with E-state index in [1.54, 1.807) is 0 Å². The van der Waals surface area contributed by atoms with Crippen molar-refractivity contribution in [1.82, 2.24) is 0 Å². The lowest BCUT2D eigenvalue weighted by Crippen LogP contribution is -2.24. The topological polar surface area (TPSA) is 63.3 Å². The number of hydrogen-bond acceptors (Lipinski definition) is 2. The van der Waals surface area contributed by atoms with Crippen molar-refractivity contribution < 1.29 is 9.90 Å². The largest absolute Gasteiger partial charge is 0.481 e. The standard InChI is InChI=1S/C8H15NO2/c1-3-4-6(2)7(9)5-8(10)11/h4,7H,3,5,9H2,1-2H3,(H,10,11)/b6-4-. The predicted octanol–water partition coefficient (Wildman–Crippen LogP) is 1.14. The van der Waals surface area contributed by atoms with Gasteiger partial charge in [0.15, 0.2) is 0 Å². The van der Waals surface area contributed by atoms with E-state index in [0.29, 0.717) is 0 Å². The number of allylic oxidation sites excluding steroid dienone is 1. The van der Waals surface area contributed by atoms with E-state index in [2.05, 4.69) is 0 Å². The van der Waals surface area contributed by atoms with Gasteiger partial charge in [0, 0.05) is 6.04 Å². The molecule has 3 N–H and O–H groups in total. The summed E-state index contributed by atoms with van der Waals surface area (Å²) < 4.78 is 0. The van der Waals surface area contributed by atoms with Gasteiger partial charge >= 0.3 is 5.97 Å². The molecule has 11 heavy (non-hydrogen) atoms. The summed E-state index contributed by atoms with van der Waals surface area (Å²) in [5.74, 6) is -0.846. The summed E-state index contributed by atoms with van der Waals surface area (Å²) >= 11 is 0. The Bertz CT molecular complexity index is 163. The van der Waals surface area contributed by atoms with Gasteiger partial charge < -0.3 is 10.8 Å². The molecule has 0 saturated carbocycles. The van der Waals surface area contributed by atoms with Crippen LogP contribution in [-0.4, -0.2) is 17.1 Å². The van der Waals surface area contributed by atoms with Crippen molar-refractivity contribution in [2.45, 2.75) is 32.7 Å². The van der Waals surface area contributed by atoms with Crippen LogP contribution in [0.1, 0.15) is 26.7 Å². The number of carbonyl (C=O) groups is 1. The van der Waals surface area contributed by atoms with Crippen molar-refractivity contribution in [2.24, 2.45) is 5.73 Å². The maximum atomic E-state index is 10.2. The first-order chi connectivity index (χ1) is 5.07. The molecule has 64 valence electrons. The van der Waals surface area contributed by atoms with Crippen LogP contribution in [0, 0.1) is 0 Å². The lowest BCUT2D eigenvalue weighted by molar-refractivity contribution is -0.137. The highest BCUT2D eigenvalue weighted by Crippen LogP contribution is 2.03. The Morgan fingerprint density at radius 2 is 2.27 bits per heavy atom. The molecule has 0 aliphatic carbocycles. The molecule has 0 aromatic rings. The van der Waals surface area contributed by atoms with Crippen LogP contribution < -0.4 is 5.73 Å². The Labute approximate surface area is 66.9 Å². The molecule has 0 aromatic carbocycles. The first-order valence-corrected chi connectivity index (χ1v) is 3.72. The van der Waals surface area contributed by atoms with Crippen LogP contribution in [0.15, 0.2) is 11.6 Å². The molecule has 0 amide bonds. The monoisotopic (exact) mass is 157 g/mol. The minimum Gasteiger partial charge on any atom is -0.481 e. The SMILES string of the molecule is CC/C=C(/C)C(N)CC(=O)O. The fourth-order valence-electron chi connectivity index (χ4n) is 0.822. The van der Waals surface area contributed by atoms with Crippen molar-refractivity contribution in [2.75, 3.05) is 0 Å². The summed E-state index contributed by atoms with van der Waals surface area (Å²) in [7, 11) is 0. The van der Waals surface area contributed by atoms with Crippen molar-refractivity contribution >= 4 is 5.97 Å². The smallest absolute Gasteiger partial charge is 0.305 e. The number of hydrogen-bond donors (Lipinski definition) is 2. The summed E-state index contributed by atoms with van der Waals surface area (Å²) in [6.45, 7) is 3.86. The fourth-order valence-corrected chi connectivity index (χ4v) is 0.822. The van der Waals surface area contributed by atoms with Gasteiger partial charge in [-0.05, 0) is 13.3 Å². The quantitative estimate of drug-likeness (QED) is 0.601. The number of carboxylic acid groups (broad SMARTS) is 1. The zero-order chi connectivity index (χ0) is 8.85. The second kappa shape index (κ2) is 4.91. The molecule has 1 unspecified atom stereocenters. The maximum Gasteiger partial charge on any atom is 0.305 e. The number of carboxylic acids is 1. The first kappa shape index (κ1) is 10.2. The fraction of sp³-hybridized carbons (Fsp3) is 0.625. The van der Waals surface area contributed by atoms with Gasteiger partial charge in [-0.25, -0.2) is 0 Å². The summed E-state index contributed by atoms with van der Waals surface area (Å²) in [6.07, 6.45) is 2.87. The normalized spacial score (nSPS) is 14.6. The molecule has 0 aliphatic rings. The second-order valence-electron chi connectivity index (χ2n) is 2.56. The van der Waals surface area contributed by atoms with Crippen LogP contribution in [0.3, 0.4) is 0 Å². The van der Waals surface area contributed by atoms with Gasteiger partial charge in [0.25, 0.3) is 0 Å². The summed E-state index contributed by atoms with van der Waals surface area (Å²) in [5, 5.41) is 8.39. The van der Waals surface area contributed by atoms with Crippen LogP contribution in [0.2, 0.25) is 0 Å². The minimum absolute atomic E-state index is 0.0162. The molecule has 0 spiro atoms. The molecular weight excluding hydrogens is 142 g/mol. The van der Waals surface area contributed by atoms with Crippen molar-refractivity contribution in [3.63, 3.8) is 0 Å². The van der Waals surface area contributed by atoms with Crippen LogP contribution in [0.25, 0.3) is 0 Å². The van der Waals surface area contributed by atoms with Crippen LogP contribution in [0.4, 0.5) is 0 Å². The van der Waals surface area contributed by atoms with Gasteiger partial charge in [-0.15, -0.1) is 0 Å². The van der Waals surface area contributed by atoms with E-state index in [9.17, 15) is 4.79 Å². The van der Waals surface area contributed by atoms with Gasteiger partial charge in [-0.2, -0.15) is 0 Å². The van der Waals surface area contributed by atoms with E-state index in [1.165, 1.54) is 0 Å². The molecular formula is C8H15NO2. The summed E-state index contributed by atoms with van der Waals surface area (Å²) in [6, 6.07) is -0.326. The van der Waals surface area contributed by atoms with Gasteiger partial charge in [0.2, 0.25) is 0 Å². The van der Waals surface area contributed by atoms with Crippen LogP contribution in [-0.2, 0) is 4.79 Å². The third kappa shape index (κ3) is 4.56. The van der Waals surface area contributed by atoms with E-state index >= 15 is 0 Å². The van der Waals surface area contributed by atoms with E-state index in [0.717, 1.165) is 12.0 Å². The van der Waals surface area contributed by atoms with E-state index < -0.39 is 5.97 Å². The van der Waals surface area contributed by atoms with E-state index in [1.807, 2.05) is 19.9 Å². The Kier molecular flexibility index (Phi) is 4.54. The molecule has 0 fully saturated rings. The molecule has 1 atom stereocenters. The molecule has 3 heteroatoms. The zero-order valence-electron chi connectivity index (χ0n) is 7.00. The summed E-state index contributed by atoms with van der Waals surface area (Å²) in [5.41, 5.74) is 6.51. The highest BCUT2D eigenvalue weighted by molar-refractivity contribution is 5.68. The highest BCUT2D eigenvalue weighted by Gasteiger charge is 2.08. The van der Waals surface area contributed by atoms with Crippen LogP contribution >= 0.6 is 0 Å². The Morgan fingerprint density at radius 3 is 2.64 bits per heavy atom. The Hall–Kier alpha value is -0.830. The highest BCUT2D eigenvalue weighted by atomic mass is 16.4. The van der Waals surface area contributed by atoms with Crippen molar-refractivity contribution in [1.29, 1.82) is 0 Å².